The third-order valence-electron chi connectivity index (χ3n) is 4.34. The summed E-state index contributed by atoms with van der Waals surface area (Å²) >= 11 is 0. The molecule has 0 N–H and O–H groups in total. The number of aryl methyl sites for hydroxylation is 3. The van der Waals surface area contributed by atoms with Crippen molar-refractivity contribution in [1.82, 2.24) is 0 Å². The molecule has 0 aliphatic heterocycles. The van der Waals surface area contributed by atoms with Gasteiger partial charge in [-0.05, 0) is 49.4 Å². The van der Waals surface area contributed by atoms with Crippen LogP contribution in [0.4, 0.5) is 0 Å². The van der Waals surface area contributed by atoms with E-state index in [1.54, 1.807) is 0 Å². The maximum atomic E-state index is 12.4. The molecule has 1 aromatic rings. The fraction of sp³-hybridized carbons (Fsp3) is 0.588. The van der Waals surface area contributed by atoms with Gasteiger partial charge in [0, 0.05) is 12.0 Å². The van der Waals surface area contributed by atoms with Crippen LogP contribution in [-0.2, 0) is 0 Å². The zero-order valence-electron chi connectivity index (χ0n) is 11.9. The van der Waals surface area contributed by atoms with Gasteiger partial charge in [0.2, 0.25) is 0 Å². The van der Waals surface area contributed by atoms with Crippen LogP contribution in [0.1, 0.15) is 65.6 Å². The summed E-state index contributed by atoms with van der Waals surface area (Å²) in [6.07, 6.45) is 7.22. The number of hydrogen-bond acceptors (Lipinski definition) is 1. The smallest absolute Gasteiger partial charge is 0.163 e. The molecule has 1 aliphatic carbocycles. The van der Waals surface area contributed by atoms with Gasteiger partial charge in [-0.1, -0.05) is 38.2 Å². The lowest BCUT2D eigenvalue weighted by atomic mass is 9.84. The summed E-state index contributed by atoms with van der Waals surface area (Å²) in [6.45, 7) is 6.25. The first kappa shape index (κ1) is 13.3. The summed E-state index contributed by atoms with van der Waals surface area (Å²) in [5.41, 5.74) is 4.59. The maximum absolute atomic E-state index is 12.4. The molecule has 2 rings (SSSR count). The van der Waals surface area contributed by atoms with Crippen molar-refractivity contribution in [2.45, 2.75) is 59.3 Å². The molecule has 0 spiro atoms. The van der Waals surface area contributed by atoms with Gasteiger partial charge in [-0.2, -0.15) is 0 Å². The van der Waals surface area contributed by atoms with Crippen molar-refractivity contribution in [2.24, 2.45) is 5.92 Å². The first-order valence-electron chi connectivity index (χ1n) is 7.19. The molecule has 1 fully saturated rings. The van der Waals surface area contributed by atoms with E-state index in [-0.39, 0.29) is 0 Å². The zero-order valence-corrected chi connectivity index (χ0v) is 11.9. The van der Waals surface area contributed by atoms with Gasteiger partial charge in [-0.3, -0.25) is 4.79 Å². The molecular weight excluding hydrogens is 220 g/mol. The van der Waals surface area contributed by atoms with Gasteiger partial charge >= 0.3 is 0 Å². The fourth-order valence-electron chi connectivity index (χ4n) is 3.02. The first-order chi connectivity index (χ1) is 8.58. The summed E-state index contributed by atoms with van der Waals surface area (Å²) in [7, 11) is 0. The van der Waals surface area contributed by atoms with Gasteiger partial charge < -0.3 is 0 Å². The van der Waals surface area contributed by atoms with Crippen molar-refractivity contribution in [3.63, 3.8) is 0 Å². The lowest BCUT2D eigenvalue weighted by Gasteiger charge is -2.21. The second-order valence-corrected chi connectivity index (χ2v) is 5.88. The molecule has 1 nitrogen and oxygen atoms in total. The Morgan fingerprint density at radius 2 is 1.61 bits per heavy atom. The predicted octanol–water partition coefficient (Wildman–Crippen LogP) is 4.76. The Bertz CT molecular complexity index is 439. The summed E-state index contributed by atoms with van der Waals surface area (Å²) in [6, 6.07) is 4.22. The van der Waals surface area contributed by atoms with Crippen molar-refractivity contribution in [1.29, 1.82) is 0 Å². The van der Waals surface area contributed by atoms with Crippen LogP contribution in [0.5, 0.6) is 0 Å². The minimum absolute atomic E-state index is 0.350. The Labute approximate surface area is 111 Å². The molecule has 0 bridgehead atoms. The Kier molecular flexibility index (Phi) is 4.21. The molecular formula is C17H24O. The number of rotatable bonds is 3. The molecule has 0 amide bonds. The molecule has 0 heterocycles. The molecule has 0 aromatic heterocycles. The van der Waals surface area contributed by atoms with Gasteiger partial charge in [0.1, 0.15) is 0 Å². The summed E-state index contributed by atoms with van der Waals surface area (Å²) in [5.74, 6) is 0.981. The van der Waals surface area contributed by atoms with Crippen LogP contribution in [0.3, 0.4) is 0 Å². The first-order valence-corrected chi connectivity index (χ1v) is 7.19. The predicted molar refractivity (Wildman–Crippen MR) is 76.2 cm³/mol. The normalized spacial score (nSPS) is 16.8. The standard InChI is InChI=1S/C17H24O/c1-12-9-14(3)16(10-13(12)2)17(18)11-15-7-5-4-6-8-15/h9-10,15H,4-8,11H2,1-3H3. The third kappa shape index (κ3) is 3.01. The zero-order chi connectivity index (χ0) is 13.1. The third-order valence-corrected chi connectivity index (χ3v) is 4.34. The highest BCUT2D eigenvalue weighted by atomic mass is 16.1. The lowest BCUT2D eigenvalue weighted by molar-refractivity contribution is 0.0949. The minimum Gasteiger partial charge on any atom is -0.294 e. The van der Waals surface area contributed by atoms with Crippen molar-refractivity contribution in [3.05, 3.63) is 34.4 Å². The number of Topliss-reactive ketones (excluding diaryl/α,β-unsaturated/α-hetero) is 1. The van der Waals surface area contributed by atoms with Gasteiger partial charge in [0.15, 0.2) is 5.78 Å². The Hall–Kier alpha value is -1.11. The summed E-state index contributed by atoms with van der Waals surface area (Å²) in [4.78, 5) is 12.4. The highest BCUT2D eigenvalue weighted by Crippen LogP contribution is 2.28. The van der Waals surface area contributed by atoms with Crippen molar-refractivity contribution < 1.29 is 4.79 Å². The largest absolute Gasteiger partial charge is 0.294 e. The van der Waals surface area contributed by atoms with Crippen molar-refractivity contribution in [3.8, 4) is 0 Å². The number of carbonyl (C=O) groups is 1. The van der Waals surface area contributed by atoms with Crippen molar-refractivity contribution >= 4 is 5.78 Å². The fourth-order valence-corrected chi connectivity index (χ4v) is 3.02. The number of carbonyl (C=O) groups excluding carboxylic acids is 1. The number of ketones is 1. The van der Waals surface area contributed by atoms with E-state index in [2.05, 4.69) is 32.9 Å². The minimum atomic E-state index is 0.350. The van der Waals surface area contributed by atoms with E-state index in [0.717, 1.165) is 17.5 Å². The van der Waals surface area contributed by atoms with Crippen LogP contribution < -0.4 is 0 Å². The van der Waals surface area contributed by atoms with E-state index in [1.807, 2.05) is 0 Å². The quantitative estimate of drug-likeness (QED) is 0.700. The van der Waals surface area contributed by atoms with Gasteiger partial charge in [-0.25, -0.2) is 0 Å². The van der Waals surface area contributed by atoms with Crippen LogP contribution >= 0.6 is 0 Å². The van der Waals surface area contributed by atoms with Crippen LogP contribution in [0.15, 0.2) is 12.1 Å². The molecule has 98 valence electrons. The average Bonchev–Trinajstić information content (AvgIpc) is 2.35. The highest BCUT2D eigenvalue weighted by Gasteiger charge is 2.19. The molecule has 18 heavy (non-hydrogen) atoms. The molecule has 1 saturated carbocycles. The van der Waals surface area contributed by atoms with Gasteiger partial charge in [0.05, 0.1) is 0 Å². The number of hydrogen-bond donors (Lipinski definition) is 0. The molecule has 1 heteroatoms. The second kappa shape index (κ2) is 5.69. The van der Waals surface area contributed by atoms with E-state index in [0.29, 0.717) is 11.7 Å². The van der Waals surface area contributed by atoms with Crippen LogP contribution in [-0.4, -0.2) is 5.78 Å². The van der Waals surface area contributed by atoms with E-state index < -0.39 is 0 Å². The summed E-state index contributed by atoms with van der Waals surface area (Å²) < 4.78 is 0. The summed E-state index contributed by atoms with van der Waals surface area (Å²) in [5, 5.41) is 0. The Balaban J connectivity index is 2.10. The second-order valence-electron chi connectivity index (χ2n) is 5.88. The van der Waals surface area contributed by atoms with Gasteiger partial charge in [0.25, 0.3) is 0 Å². The topological polar surface area (TPSA) is 17.1 Å². The maximum Gasteiger partial charge on any atom is 0.163 e. The van der Waals surface area contributed by atoms with Crippen molar-refractivity contribution in [2.75, 3.05) is 0 Å². The molecule has 0 unspecified atom stereocenters. The molecule has 1 aromatic carbocycles. The Morgan fingerprint density at radius 3 is 2.28 bits per heavy atom. The van der Waals surface area contributed by atoms with Gasteiger partial charge in [-0.15, -0.1) is 0 Å². The van der Waals surface area contributed by atoms with Crippen LogP contribution in [0, 0.1) is 26.7 Å². The average molecular weight is 244 g/mol. The van der Waals surface area contributed by atoms with Crippen LogP contribution in [0.25, 0.3) is 0 Å². The van der Waals surface area contributed by atoms with E-state index in [4.69, 9.17) is 0 Å². The molecule has 0 atom stereocenters. The molecule has 0 radical (unpaired) electrons. The van der Waals surface area contributed by atoms with E-state index in [1.165, 1.54) is 43.2 Å². The Morgan fingerprint density at radius 1 is 1.00 bits per heavy atom. The van der Waals surface area contributed by atoms with E-state index in [9.17, 15) is 4.79 Å². The molecule has 0 saturated heterocycles. The SMILES string of the molecule is Cc1cc(C)c(C(=O)CC2CCCCC2)cc1C. The van der Waals surface area contributed by atoms with Crippen LogP contribution in [0.2, 0.25) is 0 Å². The highest BCUT2D eigenvalue weighted by molar-refractivity contribution is 5.97. The number of benzene rings is 1. The monoisotopic (exact) mass is 244 g/mol. The van der Waals surface area contributed by atoms with E-state index >= 15 is 0 Å². The lowest BCUT2D eigenvalue weighted by Crippen LogP contribution is -2.13. The molecule has 1 aliphatic rings.